The van der Waals surface area contributed by atoms with E-state index >= 15 is 0 Å². The number of nitrogens with one attached hydrogen (secondary N) is 1. The summed E-state index contributed by atoms with van der Waals surface area (Å²) in [5, 5.41) is 2.72. The Bertz CT molecular complexity index is 414. The van der Waals surface area contributed by atoms with Gasteiger partial charge in [0.25, 0.3) is 0 Å². The molecule has 1 amide bonds. The van der Waals surface area contributed by atoms with Gasteiger partial charge in [-0.2, -0.15) is 0 Å². The number of amides is 1. The van der Waals surface area contributed by atoms with Crippen LogP contribution in [0.1, 0.15) is 34.6 Å². The number of rotatable bonds is 4. The van der Waals surface area contributed by atoms with Crippen LogP contribution in [-0.2, 0) is 33.5 Å². The second kappa shape index (κ2) is 6.30. The molecule has 104 valence electrons. The summed E-state index contributed by atoms with van der Waals surface area (Å²) < 4.78 is 13.4. The third kappa shape index (κ3) is 4.52. The van der Waals surface area contributed by atoms with Crippen LogP contribution in [0.2, 0.25) is 0 Å². The zero-order valence-corrected chi connectivity index (χ0v) is 14.9. The van der Waals surface area contributed by atoms with E-state index in [1.807, 2.05) is 32.1 Å². The number of carbonyl (C=O) groups is 1. The molecule has 0 radical (unpaired) electrons. The molecule has 0 unspecified atom stereocenters. The molecule has 1 N–H and O–H groups in total. The first-order valence-corrected chi connectivity index (χ1v) is 7.75. The average molecular weight is 432 g/mol. The van der Waals surface area contributed by atoms with Crippen LogP contribution in [0.15, 0.2) is 17.8 Å². The summed E-state index contributed by atoms with van der Waals surface area (Å²) in [6.07, 6.45) is 3.49. The van der Waals surface area contributed by atoms with Crippen molar-refractivity contribution in [1.29, 1.82) is 0 Å². The standard InChI is InChI=1S/C13H19BNO3.W/c1-10(15-11(2)16)8-7-9-14-17-12(3,4)13(5,6)18-14;/h1,7-8H,2-6H3,(H,15,16);/q-1;/b10-8+;. The van der Waals surface area contributed by atoms with Gasteiger partial charge >= 0.3 is 126 Å². The van der Waals surface area contributed by atoms with Gasteiger partial charge in [0.15, 0.2) is 0 Å². The SMILES string of the molecule is CC(=O)N/C([CH]=[W])=C/C=[C-]B1OC(C)(C)C(C)(C)O1. The molecule has 1 rings (SSSR count). The van der Waals surface area contributed by atoms with E-state index in [0.29, 0.717) is 0 Å². The Balaban J connectivity index is 2.66. The van der Waals surface area contributed by atoms with E-state index in [1.54, 1.807) is 12.2 Å². The van der Waals surface area contributed by atoms with Gasteiger partial charge < -0.3 is 0 Å². The Hall–Kier alpha value is -0.507. The topological polar surface area (TPSA) is 47.6 Å². The molecule has 4 nitrogen and oxygen atoms in total. The fourth-order valence-electron chi connectivity index (χ4n) is 1.44. The summed E-state index contributed by atoms with van der Waals surface area (Å²) in [5.41, 5.74) is 0.0412. The van der Waals surface area contributed by atoms with E-state index in [4.69, 9.17) is 9.31 Å². The molecule has 0 atom stereocenters. The molecule has 1 aliphatic rings. The zero-order valence-electron chi connectivity index (χ0n) is 11.9. The molecule has 0 aliphatic carbocycles. The van der Waals surface area contributed by atoms with Crippen molar-refractivity contribution in [3.05, 3.63) is 23.8 Å². The second-order valence-electron chi connectivity index (χ2n) is 5.34. The first-order chi connectivity index (χ1) is 8.68. The second-order valence-corrected chi connectivity index (χ2v) is 6.19. The van der Waals surface area contributed by atoms with Crippen molar-refractivity contribution >= 4 is 17.4 Å². The quantitative estimate of drug-likeness (QED) is 0.415. The van der Waals surface area contributed by atoms with Crippen molar-refractivity contribution in [2.75, 3.05) is 0 Å². The van der Waals surface area contributed by atoms with Crippen molar-refractivity contribution in [1.82, 2.24) is 5.32 Å². The molecule has 0 aromatic carbocycles. The number of allylic oxidation sites excluding steroid dienone is 3. The van der Waals surface area contributed by atoms with E-state index in [0.717, 1.165) is 5.70 Å². The fraction of sp³-hybridized carbons (Fsp3) is 0.538. The predicted molar refractivity (Wildman–Crippen MR) is 71.9 cm³/mol. The molecular formula is C13H19BNO3W-. The first kappa shape index (κ1) is 16.5. The van der Waals surface area contributed by atoms with Gasteiger partial charge in [0.2, 0.25) is 0 Å². The molecule has 0 bridgehead atoms. The van der Waals surface area contributed by atoms with Crippen LogP contribution >= 0.6 is 0 Å². The van der Waals surface area contributed by atoms with Crippen molar-refractivity contribution in [2.45, 2.75) is 45.8 Å². The van der Waals surface area contributed by atoms with Crippen LogP contribution in [0.4, 0.5) is 0 Å². The van der Waals surface area contributed by atoms with E-state index in [1.165, 1.54) is 26.3 Å². The number of hydrogen-bond acceptors (Lipinski definition) is 3. The molecule has 19 heavy (non-hydrogen) atoms. The van der Waals surface area contributed by atoms with Crippen LogP contribution in [0.3, 0.4) is 0 Å². The van der Waals surface area contributed by atoms with E-state index < -0.39 is 7.12 Å². The van der Waals surface area contributed by atoms with Gasteiger partial charge in [0.1, 0.15) is 0 Å². The first-order valence-electron chi connectivity index (χ1n) is 6.06. The third-order valence-corrected chi connectivity index (χ3v) is 4.11. The zero-order chi connectivity index (χ0) is 14.7. The summed E-state index contributed by atoms with van der Waals surface area (Å²) in [7, 11) is -0.482. The Labute approximate surface area is 126 Å². The normalized spacial score (nSPS) is 21.7. The van der Waals surface area contributed by atoms with Gasteiger partial charge in [-0.15, -0.1) is 0 Å². The summed E-state index contributed by atoms with van der Waals surface area (Å²) in [4.78, 5) is 11.0. The molecule has 0 saturated carbocycles. The van der Waals surface area contributed by atoms with Gasteiger partial charge in [0.05, 0.1) is 0 Å². The predicted octanol–water partition coefficient (Wildman–Crippen LogP) is 1.35. The molecule has 0 aromatic rings. The molecule has 0 aromatic heterocycles. The summed E-state index contributed by atoms with van der Waals surface area (Å²) in [5.74, 6) is 2.93. The Morgan fingerprint density at radius 3 is 2.21 bits per heavy atom. The maximum atomic E-state index is 11.0. The van der Waals surface area contributed by atoms with Crippen LogP contribution in [0, 0.1) is 5.98 Å². The number of hydrogen-bond donors (Lipinski definition) is 1. The van der Waals surface area contributed by atoms with Gasteiger partial charge in [-0.3, -0.25) is 0 Å². The van der Waals surface area contributed by atoms with Crippen LogP contribution < -0.4 is 5.32 Å². The minimum absolute atomic E-state index is 0.0900. The van der Waals surface area contributed by atoms with Crippen molar-refractivity contribution in [2.24, 2.45) is 0 Å². The van der Waals surface area contributed by atoms with Crippen molar-refractivity contribution in [3.8, 4) is 0 Å². The van der Waals surface area contributed by atoms with Crippen molar-refractivity contribution < 1.29 is 33.5 Å². The fourth-order valence-corrected chi connectivity index (χ4v) is 1.94. The van der Waals surface area contributed by atoms with Crippen LogP contribution in [0.5, 0.6) is 0 Å². The Kier molecular flexibility index (Phi) is 5.48. The van der Waals surface area contributed by atoms with E-state index in [9.17, 15) is 4.79 Å². The molecule has 0 spiro atoms. The van der Waals surface area contributed by atoms with Gasteiger partial charge in [-0.25, -0.2) is 0 Å². The summed E-state index contributed by atoms with van der Waals surface area (Å²) >= 11 is 1.26. The van der Waals surface area contributed by atoms with Crippen molar-refractivity contribution in [3.63, 3.8) is 0 Å². The summed E-state index contributed by atoms with van der Waals surface area (Å²) in [6.45, 7) is 9.47. The Morgan fingerprint density at radius 1 is 1.26 bits per heavy atom. The van der Waals surface area contributed by atoms with E-state index in [2.05, 4.69) is 11.3 Å². The Morgan fingerprint density at radius 2 is 1.79 bits per heavy atom. The molecule has 1 saturated heterocycles. The van der Waals surface area contributed by atoms with Crippen LogP contribution in [-0.4, -0.2) is 28.6 Å². The molecule has 1 fully saturated rings. The molecule has 1 heterocycles. The summed E-state index contributed by atoms with van der Waals surface area (Å²) in [6, 6.07) is 0. The maximum absolute atomic E-state index is 11.0. The minimum atomic E-state index is -0.482. The average Bonchev–Trinajstić information content (AvgIpc) is 2.45. The van der Waals surface area contributed by atoms with E-state index in [-0.39, 0.29) is 17.1 Å². The molecule has 6 heteroatoms. The monoisotopic (exact) mass is 432 g/mol. The van der Waals surface area contributed by atoms with Gasteiger partial charge in [-0.05, 0) is 0 Å². The van der Waals surface area contributed by atoms with Gasteiger partial charge in [-0.1, -0.05) is 0 Å². The molecular weight excluding hydrogens is 413 g/mol. The number of carbonyl (C=O) groups excluding carboxylic acids is 1. The molecule has 1 aliphatic heterocycles. The van der Waals surface area contributed by atoms with Gasteiger partial charge in [0, 0.05) is 0 Å². The van der Waals surface area contributed by atoms with Crippen LogP contribution in [0.25, 0.3) is 0 Å². The third-order valence-electron chi connectivity index (χ3n) is 3.20.